The van der Waals surface area contributed by atoms with Crippen LogP contribution in [0.3, 0.4) is 0 Å². The molecule has 0 spiro atoms. The van der Waals surface area contributed by atoms with Gasteiger partial charge in [-0.3, -0.25) is 0 Å². The first-order valence-electron chi connectivity index (χ1n) is 9.97. The first kappa shape index (κ1) is 17.1. The van der Waals surface area contributed by atoms with Crippen LogP contribution in [-0.2, 0) is 19.3 Å². The van der Waals surface area contributed by atoms with E-state index in [2.05, 4.69) is 48.5 Å². The molecule has 0 atom stereocenters. The minimum Gasteiger partial charge on any atom is -0.493 e. The van der Waals surface area contributed by atoms with Crippen LogP contribution in [0.15, 0.2) is 65.1 Å². The number of aromatic nitrogens is 1. The van der Waals surface area contributed by atoms with Gasteiger partial charge >= 0.3 is 0 Å². The van der Waals surface area contributed by atoms with Crippen LogP contribution in [0, 0.1) is 6.92 Å². The molecule has 4 aromatic rings. The van der Waals surface area contributed by atoms with Crippen molar-refractivity contribution in [3.8, 4) is 17.2 Å². The Morgan fingerprint density at radius 1 is 0.964 bits per heavy atom. The van der Waals surface area contributed by atoms with Gasteiger partial charge in [-0.25, -0.2) is 4.98 Å². The van der Waals surface area contributed by atoms with Crippen molar-refractivity contribution < 1.29 is 9.15 Å². The molecule has 3 heteroatoms. The van der Waals surface area contributed by atoms with Crippen LogP contribution in [0.4, 0.5) is 0 Å². The monoisotopic (exact) mass is 369 g/mol. The lowest BCUT2D eigenvalue weighted by Gasteiger charge is -2.07. The number of fused-ring (bicyclic) bond motifs is 2. The van der Waals surface area contributed by atoms with Crippen LogP contribution in [0.2, 0.25) is 0 Å². The minimum absolute atomic E-state index is 0.598. The van der Waals surface area contributed by atoms with E-state index in [1.54, 1.807) is 0 Å². The number of benzene rings is 3. The van der Waals surface area contributed by atoms with Crippen LogP contribution >= 0.6 is 0 Å². The molecule has 0 radical (unpaired) electrons. The summed E-state index contributed by atoms with van der Waals surface area (Å²) < 4.78 is 12.0. The third-order valence-corrected chi connectivity index (χ3v) is 5.59. The largest absolute Gasteiger partial charge is 0.493 e. The van der Waals surface area contributed by atoms with Crippen LogP contribution < -0.4 is 4.74 Å². The Labute approximate surface area is 165 Å². The summed E-state index contributed by atoms with van der Waals surface area (Å²) in [6, 6.07) is 21.0. The van der Waals surface area contributed by atoms with Crippen molar-refractivity contribution in [1.82, 2.24) is 4.98 Å². The standard InChI is InChI=1S/C25H23NO2/c1-17-24(14-15-27-21-13-12-18-7-4-9-20(18)16-21)26-25(28-17)23-11-5-8-19-6-2-3-10-22(19)23/h2-3,5-6,8,10-13,16H,4,7,9,14-15H2,1H3. The van der Waals surface area contributed by atoms with Gasteiger partial charge in [0.2, 0.25) is 5.89 Å². The second-order valence-electron chi connectivity index (χ2n) is 7.43. The molecule has 0 saturated carbocycles. The maximum absolute atomic E-state index is 6.01. The highest BCUT2D eigenvalue weighted by Crippen LogP contribution is 2.30. The second kappa shape index (κ2) is 7.16. The number of hydrogen-bond acceptors (Lipinski definition) is 3. The number of aryl methyl sites for hydroxylation is 3. The highest BCUT2D eigenvalue weighted by Gasteiger charge is 2.14. The molecule has 0 aliphatic heterocycles. The normalized spacial score (nSPS) is 13.0. The zero-order valence-electron chi connectivity index (χ0n) is 16.1. The molecule has 5 rings (SSSR count). The maximum Gasteiger partial charge on any atom is 0.227 e. The molecule has 0 unspecified atom stereocenters. The first-order chi connectivity index (χ1) is 13.8. The van der Waals surface area contributed by atoms with Gasteiger partial charge < -0.3 is 9.15 Å². The molecule has 0 N–H and O–H groups in total. The van der Waals surface area contributed by atoms with Crippen LogP contribution in [0.5, 0.6) is 5.75 Å². The first-order valence-corrected chi connectivity index (χ1v) is 9.97. The van der Waals surface area contributed by atoms with Gasteiger partial charge in [-0.2, -0.15) is 0 Å². The summed E-state index contributed by atoms with van der Waals surface area (Å²) in [5.41, 5.74) is 4.91. The summed E-state index contributed by atoms with van der Waals surface area (Å²) in [5.74, 6) is 2.50. The smallest absolute Gasteiger partial charge is 0.227 e. The Balaban J connectivity index is 1.32. The van der Waals surface area contributed by atoms with Crippen LogP contribution in [-0.4, -0.2) is 11.6 Å². The zero-order valence-corrected chi connectivity index (χ0v) is 16.1. The second-order valence-corrected chi connectivity index (χ2v) is 7.43. The molecular formula is C25H23NO2. The predicted octanol–water partition coefficient (Wildman–Crippen LogP) is 5.91. The third kappa shape index (κ3) is 3.18. The molecule has 0 amide bonds. The highest BCUT2D eigenvalue weighted by molar-refractivity contribution is 5.94. The van der Waals surface area contributed by atoms with E-state index in [4.69, 9.17) is 14.1 Å². The van der Waals surface area contributed by atoms with Gasteiger partial charge in [0.15, 0.2) is 0 Å². The Hall–Kier alpha value is -3.07. The number of oxazole rings is 1. The summed E-state index contributed by atoms with van der Waals surface area (Å²) >= 11 is 0. The summed E-state index contributed by atoms with van der Waals surface area (Å²) in [7, 11) is 0. The molecule has 1 aliphatic carbocycles. The molecule has 0 saturated heterocycles. The van der Waals surface area contributed by atoms with Gasteiger partial charge in [0.25, 0.3) is 0 Å². The Kier molecular flexibility index (Phi) is 4.36. The van der Waals surface area contributed by atoms with Gasteiger partial charge in [-0.05, 0) is 66.3 Å². The Morgan fingerprint density at radius 2 is 1.82 bits per heavy atom. The van der Waals surface area contributed by atoms with Crippen molar-refractivity contribution in [2.75, 3.05) is 6.61 Å². The van der Waals surface area contributed by atoms with E-state index in [1.807, 2.05) is 19.1 Å². The molecule has 1 heterocycles. The third-order valence-electron chi connectivity index (χ3n) is 5.59. The molecule has 3 nitrogen and oxygen atoms in total. The molecule has 1 aromatic heterocycles. The van der Waals surface area contributed by atoms with E-state index in [9.17, 15) is 0 Å². The molecule has 140 valence electrons. The number of hydrogen-bond donors (Lipinski definition) is 0. The quantitative estimate of drug-likeness (QED) is 0.438. The van der Waals surface area contributed by atoms with Crippen molar-refractivity contribution in [2.24, 2.45) is 0 Å². The van der Waals surface area contributed by atoms with Gasteiger partial charge in [-0.1, -0.05) is 42.5 Å². The fraction of sp³-hybridized carbons (Fsp3) is 0.240. The van der Waals surface area contributed by atoms with E-state index in [0.717, 1.165) is 34.6 Å². The number of rotatable bonds is 5. The van der Waals surface area contributed by atoms with E-state index < -0.39 is 0 Å². The van der Waals surface area contributed by atoms with Gasteiger partial charge in [0.05, 0.1) is 12.3 Å². The Morgan fingerprint density at radius 3 is 2.79 bits per heavy atom. The number of ether oxygens (including phenoxy) is 1. The fourth-order valence-electron chi connectivity index (χ4n) is 4.09. The summed E-state index contributed by atoms with van der Waals surface area (Å²) in [6.45, 7) is 2.58. The van der Waals surface area contributed by atoms with E-state index >= 15 is 0 Å². The zero-order chi connectivity index (χ0) is 18.9. The van der Waals surface area contributed by atoms with Crippen molar-refractivity contribution in [2.45, 2.75) is 32.6 Å². The molecule has 28 heavy (non-hydrogen) atoms. The van der Waals surface area contributed by atoms with Crippen LogP contribution in [0.25, 0.3) is 22.2 Å². The lowest BCUT2D eigenvalue weighted by molar-refractivity contribution is 0.319. The molecule has 0 bridgehead atoms. The minimum atomic E-state index is 0.598. The van der Waals surface area contributed by atoms with Crippen molar-refractivity contribution in [3.63, 3.8) is 0 Å². The summed E-state index contributed by atoms with van der Waals surface area (Å²) in [4.78, 5) is 4.77. The Bertz CT molecular complexity index is 1140. The van der Waals surface area contributed by atoms with E-state index in [1.165, 1.54) is 35.8 Å². The van der Waals surface area contributed by atoms with E-state index in [-0.39, 0.29) is 0 Å². The number of nitrogens with zero attached hydrogens (tertiary/aromatic N) is 1. The maximum atomic E-state index is 6.01. The van der Waals surface area contributed by atoms with Gasteiger partial charge in [0, 0.05) is 12.0 Å². The van der Waals surface area contributed by atoms with Gasteiger partial charge in [0.1, 0.15) is 11.5 Å². The van der Waals surface area contributed by atoms with Crippen molar-refractivity contribution in [3.05, 3.63) is 83.2 Å². The average Bonchev–Trinajstić information content (AvgIpc) is 3.34. The molecule has 3 aromatic carbocycles. The molecule has 1 aliphatic rings. The summed E-state index contributed by atoms with van der Waals surface area (Å²) in [6.07, 6.45) is 4.36. The van der Waals surface area contributed by atoms with Crippen molar-refractivity contribution >= 4 is 10.8 Å². The summed E-state index contributed by atoms with van der Waals surface area (Å²) in [5, 5.41) is 2.35. The van der Waals surface area contributed by atoms with E-state index in [0.29, 0.717) is 12.5 Å². The predicted molar refractivity (Wildman–Crippen MR) is 112 cm³/mol. The molecular weight excluding hydrogens is 346 g/mol. The van der Waals surface area contributed by atoms with Crippen LogP contribution in [0.1, 0.15) is 29.0 Å². The lowest BCUT2D eigenvalue weighted by atomic mass is 10.0. The highest BCUT2D eigenvalue weighted by atomic mass is 16.5. The van der Waals surface area contributed by atoms with Gasteiger partial charge in [-0.15, -0.1) is 0 Å². The fourth-order valence-corrected chi connectivity index (χ4v) is 4.09. The van der Waals surface area contributed by atoms with Crippen molar-refractivity contribution in [1.29, 1.82) is 0 Å². The lowest BCUT2D eigenvalue weighted by Crippen LogP contribution is -2.03. The topological polar surface area (TPSA) is 35.3 Å². The molecule has 0 fully saturated rings. The average molecular weight is 369 g/mol. The SMILES string of the molecule is Cc1oc(-c2cccc3ccccc23)nc1CCOc1ccc2c(c1)CCC2.